The highest BCUT2D eigenvalue weighted by Gasteiger charge is 2.29. The van der Waals surface area contributed by atoms with Crippen LogP contribution in [0.1, 0.15) is 6.92 Å². The summed E-state index contributed by atoms with van der Waals surface area (Å²) in [5, 5.41) is 0.341. The third kappa shape index (κ3) is 3.46. The van der Waals surface area contributed by atoms with E-state index >= 15 is 0 Å². The number of rotatable bonds is 3. The van der Waals surface area contributed by atoms with Gasteiger partial charge in [-0.1, -0.05) is 11.6 Å². The van der Waals surface area contributed by atoms with E-state index in [1.165, 1.54) is 6.20 Å². The van der Waals surface area contributed by atoms with Crippen LogP contribution in [0.3, 0.4) is 0 Å². The van der Waals surface area contributed by atoms with Crippen molar-refractivity contribution >= 4 is 34.9 Å². The first-order valence-corrected chi connectivity index (χ1v) is 6.58. The molecule has 1 saturated heterocycles. The second-order valence-electron chi connectivity index (χ2n) is 3.87. The van der Waals surface area contributed by atoms with E-state index in [2.05, 4.69) is 9.97 Å². The molecular formula is C11H13Cl2N3O3. The summed E-state index contributed by atoms with van der Waals surface area (Å²) in [5.41, 5.74) is 0.628. The van der Waals surface area contributed by atoms with Gasteiger partial charge < -0.3 is 14.4 Å². The summed E-state index contributed by atoms with van der Waals surface area (Å²) in [5.74, 6) is -0.377. The number of carbonyl (C=O) groups is 1. The number of nitrogens with zero attached hydrogens (tertiary/aromatic N) is 3. The predicted molar refractivity (Wildman–Crippen MR) is 70.6 cm³/mol. The molecule has 1 atom stereocenters. The van der Waals surface area contributed by atoms with Crippen molar-refractivity contribution in [1.82, 2.24) is 9.97 Å². The van der Waals surface area contributed by atoms with Crippen LogP contribution < -0.4 is 4.90 Å². The minimum Gasteiger partial charge on any atom is -0.464 e. The highest BCUT2D eigenvalue weighted by Crippen LogP contribution is 2.25. The lowest BCUT2D eigenvalue weighted by molar-refractivity contribution is -0.157. The van der Waals surface area contributed by atoms with Crippen LogP contribution in [0.15, 0.2) is 6.20 Å². The largest absolute Gasteiger partial charge is 0.464 e. The maximum Gasteiger partial charge on any atom is 0.337 e. The standard InChI is InChI=1S/C11H13Cl2N3O3/c1-2-18-10(17)8-6-16(3-4-19-8)7-5-14-11(13)15-9(7)12/h5,8H,2-4,6H2,1H3/t8-/m0/s1. The van der Waals surface area contributed by atoms with Gasteiger partial charge in [0.05, 0.1) is 31.6 Å². The van der Waals surface area contributed by atoms with Crippen molar-refractivity contribution in [2.24, 2.45) is 0 Å². The number of ether oxygens (including phenoxy) is 2. The normalized spacial score (nSPS) is 19.3. The molecule has 0 spiro atoms. The first-order valence-electron chi connectivity index (χ1n) is 5.83. The van der Waals surface area contributed by atoms with E-state index in [1.807, 2.05) is 4.90 Å². The molecule has 2 heterocycles. The van der Waals surface area contributed by atoms with Crippen LogP contribution in [0, 0.1) is 0 Å². The van der Waals surface area contributed by atoms with Crippen LogP contribution in [0.5, 0.6) is 0 Å². The van der Waals surface area contributed by atoms with Crippen molar-refractivity contribution in [1.29, 1.82) is 0 Å². The molecule has 0 N–H and O–H groups in total. The van der Waals surface area contributed by atoms with E-state index in [4.69, 9.17) is 32.7 Å². The monoisotopic (exact) mass is 305 g/mol. The minimum absolute atomic E-state index is 0.0870. The average molecular weight is 306 g/mol. The summed E-state index contributed by atoms with van der Waals surface area (Å²) < 4.78 is 10.3. The number of hydrogen-bond donors (Lipinski definition) is 0. The smallest absolute Gasteiger partial charge is 0.337 e. The Morgan fingerprint density at radius 1 is 1.63 bits per heavy atom. The Hall–Kier alpha value is -1.11. The summed E-state index contributed by atoms with van der Waals surface area (Å²) in [6, 6.07) is 0. The van der Waals surface area contributed by atoms with Gasteiger partial charge in [0.1, 0.15) is 0 Å². The second-order valence-corrected chi connectivity index (χ2v) is 4.57. The summed E-state index contributed by atoms with van der Waals surface area (Å²) in [6.07, 6.45) is 0.908. The first-order chi connectivity index (χ1) is 9.11. The Kier molecular flexibility index (Phi) is 4.79. The second kappa shape index (κ2) is 6.36. The molecule has 0 bridgehead atoms. The van der Waals surface area contributed by atoms with E-state index in [-0.39, 0.29) is 16.4 Å². The summed E-state index contributed by atoms with van der Waals surface area (Å²) >= 11 is 11.7. The molecule has 1 aliphatic rings. The number of carbonyl (C=O) groups excluding carboxylic acids is 1. The van der Waals surface area contributed by atoms with Crippen LogP contribution >= 0.6 is 23.2 Å². The molecule has 104 valence electrons. The number of anilines is 1. The highest BCUT2D eigenvalue weighted by molar-refractivity contribution is 6.33. The van der Waals surface area contributed by atoms with Crippen molar-refractivity contribution in [2.75, 3.05) is 31.2 Å². The number of hydrogen-bond acceptors (Lipinski definition) is 6. The molecule has 0 aromatic carbocycles. The molecule has 8 heteroatoms. The van der Waals surface area contributed by atoms with E-state index in [9.17, 15) is 4.79 Å². The van der Waals surface area contributed by atoms with Crippen molar-refractivity contribution in [3.8, 4) is 0 Å². The molecule has 19 heavy (non-hydrogen) atoms. The number of morpholine rings is 1. The Morgan fingerprint density at radius 2 is 2.42 bits per heavy atom. The van der Waals surface area contributed by atoms with Gasteiger partial charge in [0, 0.05) is 6.54 Å². The van der Waals surface area contributed by atoms with Crippen LogP contribution in [-0.2, 0) is 14.3 Å². The van der Waals surface area contributed by atoms with Gasteiger partial charge in [-0.25, -0.2) is 14.8 Å². The third-order valence-electron chi connectivity index (χ3n) is 2.65. The summed E-state index contributed by atoms with van der Waals surface area (Å²) in [4.78, 5) is 21.3. The summed E-state index contributed by atoms with van der Waals surface area (Å²) in [6.45, 7) is 3.43. The van der Waals surface area contributed by atoms with E-state index in [1.54, 1.807) is 6.92 Å². The summed E-state index contributed by atoms with van der Waals surface area (Å²) in [7, 11) is 0. The molecule has 1 fully saturated rings. The van der Waals surface area contributed by atoms with Crippen molar-refractivity contribution in [3.63, 3.8) is 0 Å². The molecule has 6 nitrogen and oxygen atoms in total. The number of aromatic nitrogens is 2. The molecule has 1 aliphatic heterocycles. The van der Waals surface area contributed by atoms with Crippen LogP contribution in [0.25, 0.3) is 0 Å². The lowest BCUT2D eigenvalue weighted by Gasteiger charge is -2.33. The predicted octanol–water partition coefficient (Wildman–Crippen LogP) is 1.55. The molecular weight excluding hydrogens is 293 g/mol. The van der Waals surface area contributed by atoms with E-state index in [0.29, 0.717) is 32.0 Å². The highest BCUT2D eigenvalue weighted by atomic mass is 35.5. The topological polar surface area (TPSA) is 64.5 Å². The molecule has 2 rings (SSSR count). The third-order valence-corrected chi connectivity index (χ3v) is 3.11. The lowest BCUT2D eigenvalue weighted by atomic mass is 10.2. The Balaban J connectivity index is 2.10. The number of esters is 1. The van der Waals surface area contributed by atoms with Crippen LogP contribution in [0.2, 0.25) is 10.4 Å². The fourth-order valence-electron chi connectivity index (χ4n) is 1.79. The van der Waals surface area contributed by atoms with Crippen LogP contribution in [-0.4, -0.2) is 48.3 Å². The number of halogens is 2. The Labute approximate surface area is 120 Å². The van der Waals surface area contributed by atoms with Crippen molar-refractivity contribution in [2.45, 2.75) is 13.0 Å². The average Bonchev–Trinajstić information content (AvgIpc) is 2.39. The van der Waals surface area contributed by atoms with Crippen molar-refractivity contribution < 1.29 is 14.3 Å². The SMILES string of the molecule is CCOC(=O)[C@@H]1CN(c2cnc(Cl)nc2Cl)CCO1. The van der Waals surface area contributed by atoms with Gasteiger partial charge in [-0.3, -0.25) is 0 Å². The molecule has 0 radical (unpaired) electrons. The van der Waals surface area contributed by atoms with Gasteiger partial charge in [-0.15, -0.1) is 0 Å². The van der Waals surface area contributed by atoms with Gasteiger partial charge in [-0.2, -0.15) is 0 Å². The molecule has 0 amide bonds. The first kappa shape index (κ1) is 14.3. The molecule has 0 unspecified atom stereocenters. The van der Waals surface area contributed by atoms with Gasteiger partial charge >= 0.3 is 5.97 Å². The van der Waals surface area contributed by atoms with E-state index in [0.717, 1.165) is 0 Å². The molecule has 0 aliphatic carbocycles. The maximum atomic E-state index is 11.7. The van der Waals surface area contributed by atoms with Crippen molar-refractivity contribution in [3.05, 3.63) is 16.6 Å². The molecule has 1 aromatic rings. The van der Waals surface area contributed by atoms with Gasteiger partial charge in [0.15, 0.2) is 11.3 Å². The lowest BCUT2D eigenvalue weighted by Crippen LogP contribution is -2.47. The van der Waals surface area contributed by atoms with Gasteiger partial charge in [0.25, 0.3) is 0 Å². The van der Waals surface area contributed by atoms with Gasteiger partial charge in [0.2, 0.25) is 5.28 Å². The molecule has 1 aromatic heterocycles. The fourth-order valence-corrected chi connectivity index (χ4v) is 2.22. The Bertz CT molecular complexity index is 472. The zero-order valence-corrected chi connectivity index (χ0v) is 11.8. The quantitative estimate of drug-likeness (QED) is 0.480. The Morgan fingerprint density at radius 3 is 3.11 bits per heavy atom. The maximum absolute atomic E-state index is 11.7. The molecule has 0 saturated carbocycles. The zero-order chi connectivity index (χ0) is 13.8. The van der Waals surface area contributed by atoms with Crippen LogP contribution in [0.4, 0.5) is 5.69 Å². The minimum atomic E-state index is -0.625. The fraction of sp³-hybridized carbons (Fsp3) is 0.545. The van der Waals surface area contributed by atoms with Gasteiger partial charge in [-0.05, 0) is 18.5 Å². The zero-order valence-electron chi connectivity index (χ0n) is 10.3. The van der Waals surface area contributed by atoms with E-state index < -0.39 is 6.10 Å².